The lowest BCUT2D eigenvalue weighted by molar-refractivity contribution is -0.120. The molecule has 0 aromatic heterocycles. The molecule has 0 spiro atoms. The number of hydrogen-bond acceptors (Lipinski definition) is 3. The van der Waals surface area contributed by atoms with Gasteiger partial charge in [0, 0.05) is 13.5 Å². The summed E-state index contributed by atoms with van der Waals surface area (Å²) in [7, 11) is 1.66. The van der Waals surface area contributed by atoms with Crippen LogP contribution in [0, 0.1) is 0 Å². The Bertz CT molecular complexity index is 117. The van der Waals surface area contributed by atoms with E-state index in [1.807, 2.05) is 0 Å². The number of carbonyl (C=O) groups is 1. The van der Waals surface area contributed by atoms with Crippen LogP contribution in [-0.2, 0) is 4.79 Å². The molecule has 0 aliphatic carbocycles. The van der Waals surface area contributed by atoms with E-state index in [0.717, 1.165) is 32.5 Å². The van der Waals surface area contributed by atoms with Gasteiger partial charge in [-0.15, -0.1) is 0 Å². The van der Waals surface area contributed by atoms with Crippen LogP contribution in [0.1, 0.15) is 19.3 Å². The average Bonchev–Trinajstić information content (AvgIpc) is 2.10. The molecule has 0 saturated heterocycles. The first kappa shape index (κ1) is 11.4. The van der Waals surface area contributed by atoms with E-state index in [0.29, 0.717) is 6.42 Å². The van der Waals surface area contributed by atoms with Gasteiger partial charge in [0.15, 0.2) is 0 Å². The third kappa shape index (κ3) is 7.50. The molecule has 0 atom stereocenters. The highest BCUT2D eigenvalue weighted by Crippen LogP contribution is 1.85. The second-order valence-corrected chi connectivity index (χ2v) is 2.67. The van der Waals surface area contributed by atoms with Gasteiger partial charge in [-0.2, -0.15) is 0 Å². The van der Waals surface area contributed by atoms with Crippen molar-refractivity contribution >= 4 is 5.91 Å². The molecular weight excluding hydrogens is 154 g/mol. The maximum Gasteiger partial charge on any atom is 0.219 e. The fraction of sp³-hybridized carbons (Fsp3) is 0.875. The molecule has 4 nitrogen and oxygen atoms in total. The van der Waals surface area contributed by atoms with Gasteiger partial charge in [-0.1, -0.05) is 0 Å². The predicted octanol–water partition coefficient (Wildman–Crippen LogP) is -0.549. The van der Waals surface area contributed by atoms with Crippen LogP contribution in [0.3, 0.4) is 0 Å². The van der Waals surface area contributed by atoms with E-state index in [9.17, 15) is 4.79 Å². The van der Waals surface area contributed by atoms with E-state index in [1.54, 1.807) is 7.05 Å². The van der Waals surface area contributed by atoms with Crippen LogP contribution in [0.4, 0.5) is 0 Å². The van der Waals surface area contributed by atoms with Crippen LogP contribution in [-0.4, -0.2) is 32.6 Å². The average molecular weight is 173 g/mol. The van der Waals surface area contributed by atoms with Gasteiger partial charge in [-0.05, 0) is 32.5 Å². The predicted molar refractivity (Wildman–Crippen MR) is 49.8 cm³/mol. The van der Waals surface area contributed by atoms with Gasteiger partial charge in [-0.3, -0.25) is 4.79 Å². The van der Waals surface area contributed by atoms with E-state index < -0.39 is 0 Å². The maximum atomic E-state index is 10.7. The van der Waals surface area contributed by atoms with E-state index in [2.05, 4.69) is 10.6 Å². The first-order valence-electron chi connectivity index (χ1n) is 4.42. The molecule has 72 valence electrons. The molecule has 0 unspecified atom stereocenters. The van der Waals surface area contributed by atoms with Crippen molar-refractivity contribution in [2.75, 3.05) is 26.7 Å². The molecule has 4 heteroatoms. The molecule has 1 amide bonds. The van der Waals surface area contributed by atoms with Gasteiger partial charge in [-0.25, -0.2) is 0 Å². The van der Waals surface area contributed by atoms with E-state index in [1.165, 1.54) is 0 Å². The Morgan fingerprint density at radius 2 is 2.00 bits per heavy atom. The molecule has 0 aliphatic heterocycles. The zero-order chi connectivity index (χ0) is 9.23. The fourth-order valence-electron chi connectivity index (χ4n) is 0.851. The first-order chi connectivity index (χ1) is 5.81. The van der Waals surface area contributed by atoms with Gasteiger partial charge in [0.25, 0.3) is 0 Å². The van der Waals surface area contributed by atoms with Crippen molar-refractivity contribution in [2.24, 2.45) is 5.73 Å². The summed E-state index contributed by atoms with van der Waals surface area (Å²) in [6, 6.07) is 0. The van der Waals surface area contributed by atoms with Crippen molar-refractivity contribution in [3.8, 4) is 0 Å². The van der Waals surface area contributed by atoms with Crippen molar-refractivity contribution in [1.82, 2.24) is 10.6 Å². The minimum atomic E-state index is 0.107. The zero-order valence-corrected chi connectivity index (χ0v) is 7.73. The molecule has 0 aromatic rings. The van der Waals surface area contributed by atoms with Crippen LogP contribution < -0.4 is 16.4 Å². The van der Waals surface area contributed by atoms with E-state index in [-0.39, 0.29) is 5.91 Å². The highest BCUT2D eigenvalue weighted by atomic mass is 16.1. The number of hydrogen-bond donors (Lipinski definition) is 3. The SMILES string of the molecule is CNC(=O)CCCNCCCN. The molecule has 0 aliphatic rings. The van der Waals surface area contributed by atoms with Crippen LogP contribution >= 0.6 is 0 Å². The summed E-state index contributed by atoms with van der Waals surface area (Å²) in [6.45, 7) is 2.57. The normalized spacial score (nSPS) is 9.83. The summed E-state index contributed by atoms with van der Waals surface area (Å²) in [5.41, 5.74) is 5.31. The lowest BCUT2D eigenvalue weighted by Crippen LogP contribution is -2.22. The maximum absolute atomic E-state index is 10.7. The Hall–Kier alpha value is -0.610. The Morgan fingerprint density at radius 1 is 1.33 bits per heavy atom. The Kier molecular flexibility index (Phi) is 8.05. The second kappa shape index (κ2) is 8.49. The van der Waals surface area contributed by atoms with Gasteiger partial charge >= 0.3 is 0 Å². The highest BCUT2D eigenvalue weighted by molar-refractivity contribution is 5.75. The third-order valence-electron chi connectivity index (χ3n) is 1.59. The molecule has 0 fully saturated rings. The number of rotatable bonds is 7. The summed E-state index contributed by atoms with van der Waals surface area (Å²) in [6.07, 6.45) is 2.50. The standard InChI is InChI=1S/C8H19N3O/c1-10-8(12)4-2-6-11-7-3-5-9/h11H,2-7,9H2,1H3,(H,10,12). The van der Waals surface area contributed by atoms with Crippen LogP contribution in [0.2, 0.25) is 0 Å². The Morgan fingerprint density at radius 3 is 2.58 bits per heavy atom. The minimum Gasteiger partial charge on any atom is -0.359 e. The third-order valence-corrected chi connectivity index (χ3v) is 1.59. The van der Waals surface area contributed by atoms with Crippen molar-refractivity contribution in [3.63, 3.8) is 0 Å². The van der Waals surface area contributed by atoms with Crippen LogP contribution in [0.25, 0.3) is 0 Å². The summed E-state index contributed by atoms with van der Waals surface area (Å²) < 4.78 is 0. The molecule has 0 aromatic carbocycles. The Balaban J connectivity index is 2.95. The van der Waals surface area contributed by atoms with Gasteiger partial charge in [0.1, 0.15) is 0 Å². The molecular formula is C8H19N3O. The van der Waals surface area contributed by atoms with Gasteiger partial charge in [0.2, 0.25) is 5.91 Å². The summed E-state index contributed by atoms with van der Waals surface area (Å²) in [5.74, 6) is 0.107. The van der Waals surface area contributed by atoms with Crippen molar-refractivity contribution in [3.05, 3.63) is 0 Å². The van der Waals surface area contributed by atoms with E-state index in [4.69, 9.17) is 5.73 Å². The van der Waals surface area contributed by atoms with E-state index >= 15 is 0 Å². The molecule has 0 heterocycles. The molecule has 0 rings (SSSR count). The summed E-state index contributed by atoms with van der Waals surface area (Å²) in [4.78, 5) is 10.7. The quantitative estimate of drug-likeness (QED) is 0.453. The smallest absolute Gasteiger partial charge is 0.219 e. The molecule has 0 saturated carbocycles. The lowest BCUT2D eigenvalue weighted by atomic mass is 10.3. The topological polar surface area (TPSA) is 67.2 Å². The molecule has 4 N–H and O–H groups in total. The molecule has 0 radical (unpaired) electrons. The number of amides is 1. The van der Waals surface area contributed by atoms with Crippen LogP contribution in [0.5, 0.6) is 0 Å². The highest BCUT2D eigenvalue weighted by Gasteiger charge is 1.95. The largest absolute Gasteiger partial charge is 0.359 e. The van der Waals surface area contributed by atoms with Gasteiger partial charge < -0.3 is 16.4 Å². The Labute approximate surface area is 73.9 Å². The van der Waals surface area contributed by atoms with Crippen molar-refractivity contribution < 1.29 is 4.79 Å². The van der Waals surface area contributed by atoms with Crippen LogP contribution in [0.15, 0.2) is 0 Å². The number of nitrogens with two attached hydrogens (primary N) is 1. The number of carbonyl (C=O) groups excluding carboxylic acids is 1. The van der Waals surface area contributed by atoms with Crippen molar-refractivity contribution in [2.45, 2.75) is 19.3 Å². The summed E-state index contributed by atoms with van der Waals surface area (Å²) in [5, 5.41) is 5.79. The molecule has 0 bridgehead atoms. The van der Waals surface area contributed by atoms with Gasteiger partial charge in [0.05, 0.1) is 0 Å². The molecule has 12 heavy (non-hydrogen) atoms. The summed E-state index contributed by atoms with van der Waals surface area (Å²) >= 11 is 0. The first-order valence-corrected chi connectivity index (χ1v) is 4.42. The lowest BCUT2D eigenvalue weighted by Gasteiger charge is -2.02. The fourth-order valence-corrected chi connectivity index (χ4v) is 0.851. The zero-order valence-electron chi connectivity index (χ0n) is 7.73. The second-order valence-electron chi connectivity index (χ2n) is 2.67. The minimum absolute atomic E-state index is 0.107. The number of nitrogens with one attached hydrogen (secondary N) is 2. The monoisotopic (exact) mass is 173 g/mol. The van der Waals surface area contributed by atoms with Crippen molar-refractivity contribution in [1.29, 1.82) is 0 Å².